The Bertz CT molecular complexity index is 698. The molecule has 1 aromatic carbocycles. The fourth-order valence-electron chi connectivity index (χ4n) is 3.15. The van der Waals surface area contributed by atoms with Crippen molar-refractivity contribution in [3.05, 3.63) is 35.9 Å². The van der Waals surface area contributed by atoms with Crippen LogP contribution < -0.4 is 5.32 Å². The molecular formula is C18H22N4O4. The predicted molar refractivity (Wildman–Crippen MR) is 94.1 cm³/mol. The van der Waals surface area contributed by atoms with Crippen LogP contribution in [0.2, 0.25) is 0 Å². The van der Waals surface area contributed by atoms with Crippen molar-refractivity contribution in [1.29, 1.82) is 0 Å². The van der Waals surface area contributed by atoms with Crippen LogP contribution in [0, 0.1) is 5.92 Å². The summed E-state index contributed by atoms with van der Waals surface area (Å²) in [6.45, 7) is 4.18. The van der Waals surface area contributed by atoms with Gasteiger partial charge in [0.05, 0.1) is 6.61 Å². The zero-order valence-electron chi connectivity index (χ0n) is 14.6. The molecule has 1 saturated heterocycles. The Morgan fingerprint density at radius 1 is 1.27 bits per heavy atom. The van der Waals surface area contributed by atoms with E-state index < -0.39 is 23.8 Å². The van der Waals surface area contributed by atoms with E-state index in [1.165, 1.54) is 0 Å². The summed E-state index contributed by atoms with van der Waals surface area (Å²) in [7, 11) is 0. The number of guanidine groups is 1. The number of ether oxygens (including phenoxy) is 1. The van der Waals surface area contributed by atoms with Crippen molar-refractivity contribution in [3.63, 3.8) is 0 Å². The quantitative estimate of drug-likeness (QED) is 0.471. The van der Waals surface area contributed by atoms with Crippen LogP contribution in [0.4, 0.5) is 0 Å². The lowest BCUT2D eigenvalue weighted by atomic mass is 9.91. The van der Waals surface area contributed by atoms with Crippen molar-refractivity contribution in [3.8, 4) is 0 Å². The maximum atomic E-state index is 12.7. The summed E-state index contributed by atoms with van der Waals surface area (Å²) in [5.74, 6) is -1.57. The van der Waals surface area contributed by atoms with Gasteiger partial charge in [-0.2, -0.15) is 0 Å². The summed E-state index contributed by atoms with van der Waals surface area (Å²) in [6, 6.07) is 8.63. The number of rotatable bonds is 4. The normalized spacial score (nSPS) is 23.1. The summed E-state index contributed by atoms with van der Waals surface area (Å²) >= 11 is 0. The van der Waals surface area contributed by atoms with Crippen molar-refractivity contribution >= 4 is 24.2 Å². The van der Waals surface area contributed by atoms with Crippen LogP contribution in [0.25, 0.3) is 0 Å². The molecule has 8 nitrogen and oxygen atoms in total. The van der Waals surface area contributed by atoms with E-state index in [0.717, 1.165) is 12.0 Å². The molecule has 138 valence electrons. The van der Waals surface area contributed by atoms with E-state index in [0.29, 0.717) is 32.1 Å². The van der Waals surface area contributed by atoms with Gasteiger partial charge in [-0.3, -0.25) is 19.7 Å². The number of hydrogen-bond donors (Lipinski definition) is 1. The van der Waals surface area contributed by atoms with Crippen LogP contribution in [-0.2, 0) is 19.1 Å². The second-order valence-electron chi connectivity index (χ2n) is 6.16. The van der Waals surface area contributed by atoms with E-state index in [2.05, 4.69) is 10.3 Å². The van der Waals surface area contributed by atoms with E-state index in [-0.39, 0.29) is 6.61 Å². The number of aliphatic imine (C=N–C) groups is 1. The number of carbonyl (C=O) groups is 3. The molecule has 2 atom stereocenters. The van der Waals surface area contributed by atoms with Gasteiger partial charge in [-0.1, -0.05) is 30.3 Å². The number of hydrogen-bond acceptors (Lipinski definition) is 6. The first-order valence-electron chi connectivity index (χ1n) is 8.68. The van der Waals surface area contributed by atoms with Gasteiger partial charge < -0.3 is 14.5 Å². The van der Waals surface area contributed by atoms with Crippen LogP contribution in [0.1, 0.15) is 18.5 Å². The first kappa shape index (κ1) is 17.9. The van der Waals surface area contributed by atoms with Crippen LogP contribution in [0.3, 0.4) is 0 Å². The third kappa shape index (κ3) is 3.68. The van der Waals surface area contributed by atoms with Gasteiger partial charge in [-0.25, -0.2) is 4.99 Å². The minimum Gasteiger partial charge on any atom is -0.465 e. The van der Waals surface area contributed by atoms with E-state index in [4.69, 9.17) is 4.74 Å². The molecule has 2 unspecified atom stereocenters. The Balaban J connectivity index is 1.89. The minimum absolute atomic E-state index is 0.203. The number of piperazine rings is 1. The molecule has 2 amide bonds. The summed E-state index contributed by atoms with van der Waals surface area (Å²) < 4.78 is 5.08. The highest BCUT2D eigenvalue weighted by Crippen LogP contribution is 2.30. The number of esters is 1. The van der Waals surface area contributed by atoms with Gasteiger partial charge >= 0.3 is 5.97 Å². The topological polar surface area (TPSA) is 91.3 Å². The first-order chi connectivity index (χ1) is 12.6. The number of carbonyl (C=O) groups excluding carboxylic acids is 3. The Morgan fingerprint density at radius 3 is 2.58 bits per heavy atom. The molecule has 0 bridgehead atoms. The Morgan fingerprint density at radius 2 is 1.96 bits per heavy atom. The maximum absolute atomic E-state index is 12.7. The fourth-order valence-corrected chi connectivity index (χ4v) is 3.15. The minimum atomic E-state index is -1.02. The van der Waals surface area contributed by atoms with E-state index in [1.54, 1.807) is 11.8 Å². The first-order valence-corrected chi connectivity index (χ1v) is 8.68. The average molecular weight is 358 g/mol. The lowest BCUT2D eigenvalue weighted by Gasteiger charge is -2.37. The highest BCUT2D eigenvalue weighted by atomic mass is 16.5. The molecule has 0 saturated carbocycles. The van der Waals surface area contributed by atoms with Gasteiger partial charge in [0.2, 0.25) is 18.3 Å². The molecule has 2 aliphatic rings. The van der Waals surface area contributed by atoms with Crippen molar-refractivity contribution in [2.24, 2.45) is 10.9 Å². The molecule has 26 heavy (non-hydrogen) atoms. The number of nitrogens with zero attached hydrogens (tertiary/aromatic N) is 3. The largest absolute Gasteiger partial charge is 0.465 e. The van der Waals surface area contributed by atoms with Gasteiger partial charge in [0.25, 0.3) is 0 Å². The zero-order valence-corrected chi connectivity index (χ0v) is 14.6. The summed E-state index contributed by atoms with van der Waals surface area (Å²) in [5, 5.41) is 2.74. The fraction of sp³-hybridized carbons (Fsp3) is 0.444. The summed E-state index contributed by atoms with van der Waals surface area (Å²) in [5.41, 5.74) is 0.782. The van der Waals surface area contributed by atoms with Crippen LogP contribution in [0.5, 0.6) is 0 Å². The summed E-state index contributed by atoms with van der Waals surface area (Å²) in [6.07, 6.45) is 0.822. The molecule has 8 heteroatoms. The number of benzene rings is 1. The molecule has 1 aromatic rings. The predicted octanol–water partition coefficient (Wildman–Crippen LogP) is 0.167. The van der Waals surface area contributed by atoms with E-state index in [9.17, 15) is 14.4 Å². The highest BCUT2D eigenvalue weighted by Gasteiger charge is 2.42. The van der Waals surface area contributed by atoms with E-state index in [1.807, 2.05) is 35.2 Å². The molecule has 0 spiro atoms. The molecule has 0 aliphatic carbocycles. The second kappa shape index (κ2) is 7.99. The SMILES string of the molecule is CCOC(=O)C1C(=O)NC(N2CCN(C=O)CC2)=NC1c1ccccc1. The third-order valence-electron chi connectivity index (χ3n) is 4.54. The average Bonchev–Trinajstić information content (AvgIpc) is 2.68. The zero-order chi connectivity index (χ0) is 18.5. The molecule has 2 heterocycles. The molecule has 0 radical (unpaired) electrons. The van der Waals surface area contributed by atoms with Gasteiger partial charge in [0, 0.05) is 26.2 Å². The molecule has 1 fully saturated rings. The van der Waals surface area contributed by atoms with Gasteiger partial charge in [0.15, 0.2) is 5.92 Å². The lowest BCUT2D eigenvalue weighted by Crippen LogP contribution is -2.57. The maximum Gasteiger partial charge on any atom is 0.321 e. The number of nitrogens with one attached hydrogen (secondary N) is 1. The van der Waals surface area contributed by atoms with Crippen LogP contribution in [-0.4, -0.2) is 66.8 Å². The van der Waals surface area contributed by atoms with Crippen molar-refractivity contribution in [2.45, 2.75) is 13.0 Å². The Hall–Kier alpha value is -2.90. The molecular weight excluding hydrogens is 336 g/mol. The molecule has 0 aromatic heterocycles. The second-order valence-corrected chi connectivity index (χ2v) is 6.16. The van der Waals surface area contributed by atoms with Gasteiger partial charge in [-0.15, -0.1) is 0 Å². The molecule has 3 rings (SSSR count). The Kier molecular flexibility index (Phi) is 5.50. The van der Waals surface area contributed by atoms with E-state index >= 15 is 0 Å². The molecule has 1 N–H and O–H groups in total. The van der Waals surface area contributed by atoms with Crippen molar-refractivity contribution < 1.29 is 19.1 Å². The summed E-state index contributed by atoms with van der Waals surface area (Å²) in [4.78, 5) is 44.2. The van der Waals surface area contributed by atoms with Crippen LogP contribution in [0.15, 0.2) is 35.3 Å². The monoisotopic (exact) mass is 358 g/mol. The highest BCUT2D eigenvalue weighted by molar-refractivity contribution is 6.08. The van der Waals surface area contributed by atoms with Crippen LogP contribution >= 0.6 is 0 Å². The van der Waals surface area contributed by atoms with Gasteiger partial charge in [0.1, 0.15) is 6.04 Å². The van der Waals surface area contributed by atoms with Crippen molar-refractivity contribution in [1.82, 2.24) is 15.1 Å². The third-order valence-corrected chi connectivity index (χ3v) is 4.54. The lowest BCUT2D eigenvalue weighted by molar-refractivity contribution is -0.153. The standard InChI is InChI=1S/C18H22N4O4/c1-2-26-17(25)14-15(13-6-4-3-5-7-13)19-18(20-16(14)24)22-10-8-21(12-23)9-11-22/h3-7,12,14-15H,2,8-11H2,1H3,(H,19,20,24). The number of amides is 2. The van der Waals surface area contributed by atoms with Crippen molar-refractivity contribution in [2.75, 3.05) is 32.8 Å². The molecule has 2 aliphatic heterocycles. The Labute approximate surface area is 151 Å². The van der Waals surface area contributed by atoms with Gasteiger partial charge in [-0.05, 0) is 12.5 Å². The smallest absolute Gasteiger partial charge is 0.321 e.